The van der Waals surface area contributed by atoms with Crippen LogP contribution < -0.4 is 16.6 Å². The van der Waals surface area contributed by atoms with E-state index in [1.54, 1.807) is 18.2 Å². The molecule has 1 aliphatic carbocycles. The van der Waals surface area contributed by atoms with Crippen LogP contribution in [0.15, 0.2) is 23.0 Å². The second-order valence-corrected chi connectivity index (χ2v) is 6.20. The molecule has 2 aromatic rings. The van der Waals surface area contributed by atoms with E-state index in [0.29, 0.717) is 28.5 Å². The van der Waals surface area contributed by atoms with E-state index < -0.39 is 0 Å². The molecule has 0 amide bonds. The molecule has 0 aliphatic heterocycles. The quantitative estimate of drug-likeness (QED) is 0.757. The van der Waals surface area contributed by atoms with E-state index in [4.69, 9.17) is 5.73 Å². The number of aromatic amines is 1. The molecule has 1 saturated carbocycles. The zero-order valence-electron chi connectivity index (χ0n) is 12.4. The van der Waals surface area contributed by atoms with Gasteiger partial charge in [0.1, 0.15) is 0 Å². The fourth-order valence-electron chi connectivity index (χ4n) is 3.01. The van der Waals surface area contributed by atoms with Gasteiger partial charge in [0.2, 0.25) is 5.95 Å². The minimum Gasteiger partial charge on any atom is -0.399 e. The van der Waals surface area contributed by atoms with Crippen LogP contribution in [0.3, 0.4) is 0 Å². The van der Waals surface area contributed by atoms with Crippen molar-refractivity contribution in [3.63, 3.8) is 0 Å². The predicted molar refractivity (Wildman–Crippen MR) is 86.4 cm³/mol. The lowest BCUT2D eigenvalue weighted by atomic mass is 9.83. The van der Waals surface area contributed by atoms with Crippen molar-refractivity contribution in [3.8, 4) is 0 Å². The Balaban J connectivity index is 1.73. The van der Waals surface area contributed by atoms with Gasteiger partial charge in [0.05, 0.1) is 10.9 Å². The van der Waals surface area contributed by atoms with Gasteiger partial charge in [0, 0.05) is 12.2 Å². The number of fused-ring (bicyclic) bond motifs is 1. The zero-order chi connectivity index (χ0) is 14.8. The molecule has 1 heterocycles. The van der Waals surface area contributed by atoms with Crippen molar-refractivity contribution < 1.29 is 0 Å². The molecule has 1 aromatic heterocycles. The van der Waals surface area contributed by atoms with Gasteiger partial charge in [-0.3, -0.25) is 9.78 Å². The number of nitrogens with zero attached hydrogens (tertiary/aromatic N) is 1. The molecule has 0 bridgehead atoms. The van der Waals surface area contributed by atoms with E-state index in [1.165, 1.54) is 25.7 Å². The molecule has 5 nitrogen and oxygen atoms in total. The minimum atomic E-state index is -0.146. The van der Waals surface area contributed by atoms with Crippen molar-refractivity contribution in [2.45, 2.75) is 32.6 Å². The molecule has 1 fully saturated rings. The number of nitrogens with two attached hydrogens (primary N) is 1. The average Bonchev–Trinajstić information content (AvgIpc) is 2.47. The maximum atomic E-state index is 12.1. The molecule has 0 spiro atoms. The number of aromatic nitrogens is 2. The monoisotopic (exact) mass is 286 g/mol. The van der Waals surface area contributed by atoms with Gasteiger partial charge in [-0.25, -0.2) is 4.98 Å². The summed E-state index contributed by atoms with van der Waals surface area (Å²) >= 11 is 0. The molecule has 1 aromatic carbocycles. The number of rotatable bonds is 3. The van der Waals surface area contributed by atoms with E-state index in [2.05, 4.69) is 22.2 Å². The fourth-order valence-corrected chi connectivity index (χ4v) is 3.01. The van der Waals surface area contributed by atoms with Crippen molar-refractivity contribution in [3.05, 3.63) is 28.6 Å². The zero-order valence-corrected chi connectivity index (χ0v) is 12.4. The molecule has 3 rings (SSSR count). The van der Waals surface area contributed by atoms with E-state index in [-0.39, 0.29) is 5.56 Å². The van der Waals surface area contributed by atoms with E-state index in [1.807, 2.05) is 0 Å². The lowest BCUT2D eigenvalue weighted by Gasteiger charge is -2.26. The molecule has 112 valence electrons. The summed E-state index contributed by atoms with van der Waals surface area (Å²) < 4.78 is 0. The summed E-state index contributed by atoms with van der Waals surface area (Å²) in [7, 11) is 0. The third-order valence-corrected chi connectivity index (χ3v) is 4.42. The molecule has 0 atom stereocenters. The van der Waals surface area contributed by atoms with Crippen LogP contribution in [0.5, 0.6) is 0 Å². The first kappa shape index (κ1) is 13.9. The number of hydrogen-bond acceptors (Lipinski definition) is 4. The van der Waals surface area contributed by atoms with Gasteiger partial charge in [-0.15, -0.1) is 0 Å². The summed E-state index contributed by atoms with van der Waals surface area (Å²) in [6.45, 7) is 3.19. The molecule has 0 unspecified atom stereocenters. The normalized spacial score (nSPS) is 22.3. The van der Waals surface area contributed by atoms with Crippen LogP contribution in [-0.4, -0.2) is 16.5 Å². The van der Waals surface area contributed by atoms with Gasteiger partial charge >= 0.3 is 0 Å². The number of H-pyrrole nitrogens is 1. The Kier molecular flexibility index (Phi) is 3.82. The second kappa shape index (κ2) is 5.76. The smallest absolute Gasteiger partial charge is 0.260 e. The first-order valence-electron chi connectivity index (χ1n) is 7.65. The van der Waals surface area contributed by atoms with Crippen LogP contribution >= 0.6 is 0 Å². The van der Waals surface area contributed by atoms with Gasteiger partial charge < -0.3 is 11.1 Å². The standard InChI is InChI=1S/C16H22N4O/c1-10-2-4-11(5-3-10)9-18-16-19-14-7-6-12(17)8-13(14)15(21)20-16/h6-8,10-11H,2-5,9,17H2,1H3,(H2,18,19,20,21). The highest BCUT2D eigenvalue weighted by Gasteiger charge is 2.18. The summed E-state index contributed by atoms with van der Waals surface area (Å²) in [5.74, 6) is 2.08. The summed E-state index contributed by atoms with van der Waals surface area (Å²) in [6, 6.07) is 5.21. The molecule has 0 saturated heterocycles. The summed E-state index contributed by atoms with van der Waals surface area (Å²) in [6.07, 6.45) is 5.10. The summed E-state index contributed by atoms with van der Waals surface area (Å²) in [4.78, 5) is 19.3. The van der Waals surface area contributed by atoms with E-state index in [0.717, 1.165) is 12.5 Å². The number of hydrogen-bond donors (Lipinski definition) is 3. The van der Waals surface area contributed by atoms with Crippen molar-refractivity contribution >= 4 is 22.5 Å². The SMILES string of the molecule is CC1CCC(CNc2nc3ccc(N)cc3c(=O)[nH]2)CC1. The first-order chi connectivity index (χ1) is 10.1. The Morgan fingerprint density at radius 1 is 1.33 bits per heavy atom. The molecule has 21 heavy (non-hydrogen) atoms. The van der Waals surface area contributed by atoms with Crippen molar-refractivity contribution in [2.75, 3.05) is 17.6 Å². The Morgan fingerprint density at radius 3 is 2.86 bits per heavy atom. The maximum Gasteiger partial charge on any atom is 0.260 e. The number of nitrogen functional groups attached to an aromatic ring is 1. The summed E-state index contributed by atoms with van der Waals surface area (Å²) in [5.41, 5.74) is 6.81. The Labute approximate surface area is 124 Å². The van der Waals surface area contributed by atoms with E-state index >= 15 is 0 Å². The highest BCUT2D eigenvalue weighted by atomic mass is 16.1. The Bertz CT molecular complexity index is 686. The van der Waals surface area contributed by atoms with Gasteiger partial charge in [-0.2, -0.15) is 0 Å². The number of anilines is 2. The molecule has 5 heteroatoms. The van der Waals surface area contributed by atoms with Crippen LogP contribution in [0.25, 0.3) is 10.9 Å². The number of benzene rings is 1. The van der Waals surface area contributed by atoms with Gasteiger partial charge in [0.15, 0.2) is 0 Å². The number of nitrogens with one attached hydrogen (secondary N) is 2. The molecular formula is C16H22N4O. The Morgan fingerprint density at radius 2 is 2.10 bits per heavy atom. The van der Waals surface area contributed by atoms with Gasteiger partial charge in [-0.1, -0.05) is 19.8 Å². The van der Waals surface area contributed by atoms with Crippen LogP contribution in [0.4, 0.5) is 11.6 Å². The third-order valence-electron chi connectivity index (χ3n) is 4.42. The highest BCUT2D eigenvalue weighted by molar-refractivity contribution is 5.81. The van der Waals surface area contributed by atoms with Gasteiger partial charge in [-0.05, 0) is 42.9 Å². The molecule has 0 radical (unpaired) electrons. The fraction of sp³-hybridized carbons (Fsp3) is 0.500. The summed E-state index contributed by atoms with van der Waals surface area (Å²) in [5, 5.41) is 3.81. The molecule has 1 aliphatic rings. The van der Waals surface area contributed by atoms with E-state index in [9.17, 15) is 4.79 Å². The highest BCUT2D eigenvalue weighted by Crippen LogP contribution is 2.28. The van der Waals surface area contributed by atoms with Crippen LogP contribution in [0.2, 0.25) is 0 Å². The van der Waals surface area contributed by atoms with Crippen LogP contribution in [0, 0.1) is 11.8 Å². The van der Waals surface area contributed by atoms with Crippen molar-refractivity contribution in [1.82, 2.24) is 9.97 Å². The maximum absolute atomic E-state index is 12.1. The van der Waals surface area contributed by atoms with Crippen LogP contribution in [0.1, 0.15) is 32.6 Å². The first-order valence-corrected chi connectivity index (χ1v) is 7.65. The third kappa shape index (κ3) is 3.17. The lowest BCUT2D eigenvalue weighted by molar-refractivity contribution is 0.300. The molecule has 4 N–H and O–H groups in total. The largest absolute Gasteiger partial charge is 0.399 e. The lowest BCUT2D eigenvalue weighted by Crippen LogP contribution is -2.22. The molecular weight excluding hydrogens is 264 g/mol. The Hall–Kier alpha value is -2.04. The second-order valence-electron chi connectivity index (χ2n) is 6.20. The minimum absolute atomic E-state index is 0.146. The average molecular weight is 286 g/mol. The predicted octanol–water partition coefficient (Wildman–Crippen LogP) is 2.74. The van der Waals surface area contributed by atoms with Crippen molar-refractivity contribution in [2.24, 2.45) is 11.8 Å². The van der Waals surface area contributed by atoms with Crippen LogP contribution in [-0.2, 0) is 0 Å². The van der Waals surface area contributed by atoms with Crippen molar-refractivity contribution in [1.29, 1.82) is 0 Å². The van der Waals surface area contributed by atoms with Gasteiger partial charge in [0.25, 0.3) is 5.56 Å². The topological polar surface area (TPSA) is 83.8 Å².